The zero-order valence-corrected chi connectivity index (χ0v) is 13.1. The van der Waals surface area contributed by atoms with Crippen molar-refractivity contribution in [3.8, 4) is 5.75 Å². The molecule has 1 fully saturated rings. The van der Waals surface area contributed by atoms with Gasteiger partial charge in [0.2, 0.25) is 0 Å². The Morgan fingerprint density at radius 1 is 1.14 bits per heavy atom. The first-order valence-corrected chi connectivity index (χ1v) is 8.16. The molecule has 0 bridgehead atoms. The average Bonchev–Trinajstić information content (AvgIpc) is 2.80. The molecule has 0 unspecified atom stereocenters. The lowest BCUT2D eigenvalue weighted by molar-refractivity contribution is 0.0981. The van der Waals surface area contributed by atoms with Crippen LogP contribution in [-0.2, 0) is 4.74 Å². The summed E-state index contributed by atoms with van der Waals surface area (Å²) in [4.78, 5) is 2.42. The van der Waals surface area contributed by atoms with Crippen LogP contribution in [0, 0.1) is 0 Å². The first kappa shape index (κ1) is 16.1. The average molecular weight is 292 g/mol. The Morgan fingerprint density at radius 3 is 3.00 bits per heavy atom. The molecular formula is C17H28N2O2. The second-order valence-electron chi connectivity index (χ2n) is 5.40. The maximum absolute atomic E-state index is 5.78. The second-order valence-corrected chi connectivity index (χ2v) is 5.40. The highest BCUT2D eigenvalue weighted by molar-refractivity contribution is 5.50. The number of rotatable bonds is 8. The predicted molar refractivity (Wildman–Crippen MR) is 87.4 cm³/mol. The minimum Gasteiger partial charge on any atom is -0.491 e. The molecule has 1 N–H and O–H groups in total. The number of nitrogens with zero attached hydrogens (tertiary/aromatic N) is 1. The summed E-state index contributed by atoms with van der Waals surface area (Å²) in [5.74, 6) is 0.934. The Bertz CT molecular complexity index is 390. The van der Waals surface area contributed by atoms with Crippen LogP contribution in [0.4, 0.5) is 5.69 Å². The Morgan fingerprint density at radius 2 is 2.10 bits per heavy atom. The van der Waals surface area contributed by atoms with Crippen LogP contribution < -0.4 is 15.0 Å². The topological polar surface area (TPSA) is 33.7 Å². The largest absolute Gasteiger partial charge is 0.491 e. The summed E-state index contributed by atoms with van der Waals surface area (Å²) in [6, 6.07) is 8.39. The maximum atomic E-state index is 5.78. The van der Waals surface area contributed by atoms with Gasteiger partial charge in [0.25, 0.3) is 0 Å². The summed E-state index contributed by atoms with van der Waals surface area (Å²) in [5.41, 5.74) is 1.25. The van der Waals surface area contributed by atoms with Crippen molar-refractivity contribution < 1.29 is 9.47 Å². The van der Waals surface area contributed by atoms with Crippen LogP contribution in [-0.4, -0.2) is 46.0 Å². The standard InChI is InChI=1S/C17H28N2O2/c1-2-3-12-20-13-14-21-17-7-4-6-16(15-17)19-10-5-8-18-9-11-19/h4,6-7,15,18H,2-3,5,8-14H2,1H3. The Kier molecular flexibility index (Phi) is 7.39. The van der Waals surface area contributed by atoms with E-state index in [0.29, 0.717) is 13.2 Å². The molecule has 0 spiro atoms. The van der Waals surface area contributed by atoms with E-state index in [1.807, 2.05) is 6.07 Å². The van der Waals surface area contributed by atoms with Crippen LogP contribution in [0.15, 0.2) is 24.3 Å². The SMILES string of the molecule is CCCCOCCOc1cccc(N2CCCNCC2)c1. The van der Waals surface area contributed by atoms with E-state index < -0.39 is 0 Å². The molecule has 118 valence electrons. The molecule has 1 saturated heterocycles. The molecule has 0 aromatic heterocycles. The van der Waals surface area contributed by atoms with Crippen molar-refractivity contribution in [2.75, 3.05) is 50.9 Å². The summed E-state index contributed by atoms with van der Waals surface area (Å²) < 4.78 is 11.3. The third-order valence-corrected chi connectivity index (χ3v) is 3.66. The second kappa shape index (κ2) is 9.64. The zero-order valence-electron chi connectivity index (χ0n) is 13.1. The zero-order chi connectivity index (χ0) is 14.8. The monoisotopic (exact) mass is 292 g/mol. The molecule has 0 amide bonds. The van der Waals surface area contributed by atoms with Crippen LogP contribution in [0.5, 0.6) is 5.75 Å². The van der Waals surface area contributed by atoms with Crippen molar-refractivity contribution in [3.63, 3.8) is 0 Å². The summed E-state index contributed by atoms with van der Waals surface area (Å²) in [6.07, 6.45) is 3.49. The molecule has 1 aromatic carbocycles. The van der Waals surface area contributed by atoms with E-state index in [1.54, 1.807) is 0 Å². The predicted octanol–water partition coefficient (Wildman–Crippen LogP) is 2.68. The van der Waals surface area contributed by atoms with Gasteiger partial charge in [0.1, 0.15) is 12.4 Å². The number of hydrogen-bond donors (Lipinski definition) is 1. The fraction of sp³-hybridized carbons (Fsp3) is 0.647. The van der Waals surface area contributed by atoms with Gasteiger partial charge >= 0.3 is 0 Å². The number of hydrogen-bond acceptors (Lipinski definition) is 4. The molecule has 0 atom stereocenters. The number of benzene rings is 1. The Labute approximate surface area is 128 Å². The molecule has 0 radical (unpaired) electrons. The van der Waals surface area contributed by atoms with E-state index in [2.05, 4.69) is 35.3 Å². The Balaban J connectivity index is 1.77. The normalized spacial score (nSPS) is 15.8. The molecule has 1 aromatic rings. The van der Waals surface area contributed by atoms with Gasteiger partial charge in [0.15, 0.2) is 0 Å². The van der Waals surface area contributed by atoms with Crippen molar-refractivity contribution in [3.05, 3.63) is 24.3 Å². The number of ether oxygens (including phenoxy) is 2. The fourth-order valence-electron chi connectivity index (χ4n) is 2.44. The lowest BCUT2D eigenvalue weighted by atomic mass is 10.2. The van der Waals surface area contributed by atoms with Gasteiger partial charge in [0.05, 0.1) is 6.61 Å². The Hall–Kier alpha value is -1.26. The summed E-state index contributed by atoms with van der Waals surface area (Å²) >= 11 is 0. The molecule has 1 aliphatic rings. The lowest BCUT2D eigenvalue weighted by Gasteiger charge is -2.22. The highest BCUT2D eigenvalue weighted by atomic mass is 16.5. The first-order valence-electron chi connectivity index (χ1n) is 8.16. The first-order chi connectivity index (χ1) is 10.4. The molecule has 0 saturated carbocycles. The van der Waals surface area contributed by atoms with E-state index in [-0.39, 0.29) is 0 Å². The van der Waals surface area contributed by atoms with E-state index in [0.717, 1.165) is 45.0 Å². The highest BCUT2D eigenvalue weighted by Crippen LogP contribution is 2.21. The molecular weight excluding hydrogens is 264 g/mol. The van der Waals surface area contributed by atoms with Crippen molar-refractivity contribution >= 4 is 5.69 Å². The smallest absolute Gasteiger partial charge is 0.121 e. The highest BCUT2D eigenvalue weighted by Gasteiger charge is 2.09. The maximum Gasteiger partial charge on any atom is 0.121 e. The minimum absolute atomic E-state index is 0.620. The van der Waals surface area contributed by atoms with Crippen molar-refractivity contribution in [2.45, 2.75) is 26.2 Å². The summed E-state index contributed by atoms with van der Waals surface area (Å²) in [6.45, 7) is 8.62. The summed E-state index contributed by atoms with van der Waals surface area (Å²) in [7, 11) is 0. The molecule has 21 heavy (non-hydrogen) atoms. The van der Waals surface area contributed by atoms with Crippen LogP contribution >= 0.6 is 0 Å². The van der Waals surface area contributed by atoms with Gasteiger partial charge in [-0.15, -0.1) is 0 Å². The number of unbranched alkanes of at least 4 members (excludes halogenated alkanes) is 1. The van der Waals surface area contributed by atoms with Crippen LogP contribution in [0.25, 0.3) is 0 Å². The molecule has 4 heteroatoms. The lowest BCUT2D eigenvalue weighted by Crippen LogP contribution is -2.27. The van der Waals surface area contributed by atoms with Crippen molar-refractivity contribution in [2.24, 2.45) is 0 Å². The molecule has 1 aliphatic heterocycles. The molecule has 1 heterocycles. The van der Waals surface area contributed by atoms with E-state index in [9.17, 15) is 0 Å². The third kappa shape index (κ3) is 5.94. The van der Waals surface area contributed by atoms with E-state index in [1.165, 1.54) is 18.5 Å². The van der Waals surface area contributed by atoms with E-state index >= 15 is 0 Å². The van der Waals surface area contributed by atoms with Gasteiger partial charge < -0.3 is 19.7 Å². The molecule has 2 rings (SSSR count). The van der Waals surface area contributed by atoms with Gasteiger partial charge in [-0.25, -0.2) is 0 Å². The van der Waals surface area contributed by atoms with Gasteiger partial charge in [-0.05, 0) is 31.5 Å². The van der Waals surface area contributed by atoms with Gasteiger partial charge in [-0.1, -0.05) is 19.4 Å². The summed E-state index contributed by atoms with van der Waals surface area (Å²) in [5, 5.41) is 3.43. The van der Waals surface area contributed by atoms with Gasteiger partial charge in [-0.3, -0.25) is 0 Å². The molecule has 4 nitrogen and oxygen atoms in total. The molecule has 0 aliphatic carbocycles. The quantitative estimate of drug-likeness (QED) is 0.747. The van der Waals surface area contributed by atoms with Crippen LogP contribution in [0.1, 0.15) is 26.2 Å². The minimum atomic E-state index is 0.620. The van der Waals surface area contributed by atoms with Crippen LogP contribution in [0.2, 0.25) is 0 Å². The third-order valence-electron chi connectivity index (χ3n) is 3.66. The van der Waals surface area contributed by atoms with Crippen LogP contribution in [0.3, 0.4) is 0 Å². The fourth-order valence-corrected chi connectivity index (χ4v) is 2.44. The van der Waals surface area contributed by atoms with E-state index in [4.69, 9.17) is 9.47 Å². The van der Waals surface area contributed by atoms with Gasteiger partial charge in [-0.2, -0.15) is 0 Å². The number of anilines is 1. The van der Waals surface area contributed by atoms with Crippen molar-refractivity contribution in [1.82, 2.24) is 5.32 Å². The number of nitrogens with one attached hydrogen (secondary N) is 1. The van der Waals surface area contributed by atoms with Gasteiger partial charge in [0, 0.05) is 38.0 Å². The van der Waals surface area contributed by atoms with Crippen molar-refractivity contribution in [1.29, 1.82) is 0 Å².